The molecule has 3 heteroatoms. The van der Waals surface area contributed by atoms with Crippen molar-refractivity contribution in [3.8, 4) is 0 Å². The lowest BCUT2D eigenvalue weighted by Gasteiger charge is -2.24. The molecule has 1 fully saturated rings. The van der Waals surface area contributed by atoms with Crippen LogP contribution in [-0.4, -0.2) is 16.2 Å². The zero-order chi connectivity index (χ0) is 13.9. The van der Waals surface area contributed by atoms with Crippen LogP contribution in [0.4, 0.5) is 5.82 Å². The second-order valence-corrected chi connectivity index (χ2v) is 6.05. The van der Waals surface area contributed by atoms with Crippen LogP contribution in [0.3, 0.4) is 0 Å². The van der Waals surface area contributed by atoms with Crippen LogP contribution in [0.15, 0.2) is 24.3 Å². The molecule has 0 bridgehead atoms. The van der Waals surface area contributed by atoms with E-state index >= 15 is 0 Å². The summed E-state index contributed by atoms with van der Waals surface area (Å²) in [7, 11) is 0. The van der Waals surface area contributed by atoms with Crippen LogP contribution in [0.2, 0.25) is 0 Å². The molecule has 1 saturated carbocycles. The number of fused-ring (bicyclic) bond motifs is 1. The topological polar surface area (TPSA) is 37.8 Å². The molecule has 1 N–H and O–H groups in total. The van der Waals surface area contributed by atoms with E-state index in [1.54, 1.807) is 0 Å². The highest BCUT2D eigenvalue weighted by Gasteiger charge is 2.21. The number of aryl methyl sites for hydroxylation is 1. The monoisotopic (exact) mass is 269 g/mol. The van der Waals surface area contributed by atoms with Gasteiger partial charge in [-0.15, -0.1) is 5.10 Å². The third-order valence-electron chi connectivity index (χ3n) is 4.56. The summed E-state index contributed by atoms with van der Waals surface area (Å²) < 4.78 is 0. The van der Waals surface area contributed by atoms with E-state index in [1.807, 2.05) is 6.92 Å². The average molecular weight is 269 g/mol. The van der Waals surface area contributed by atoms with Crippen LogP contribution in [0.5, 0.6) is 0 Å². The number of hydrogen-bond donors (Lipinski definition) is 1. The fourth-order valence-electron chi connectivity index (χ4n) is 3.23. The number of aromatic nitrogens is 2. The molecule has 1 aliphatic carbocycles. The number of benzene rings is 1. The Balaban J connectivity index is 1.92. The summed E-state index contributed by atoms with van der Waals surface area (Å²) in [6, 6.07) is 8.93. The lowest BCUT2D eigenvalue weighted by molar-refractivity contribution is 0.455. The molecule has 2 unspecified atom stereocenters. The second kappa shape index (κ2) is 5.78. The molecule has 0 saturated heterocycles. The molecule has 0 radical (unpaired) electrons. The fraction of sp³-hybridized carbons (Fsp3) is 0.529. The molecule has 3 rings (SSSR count). The lowest BCUT2D eigenvalue weighted by atomic mass is 9.97. The minimum atomic E-state index is 0.526. The van der Waals surface area contributed by atoms with Gasteiger partial charge in [0.25, 0.3) is 0 Å². The maximum Gasteiger partial charge on any atom is 0.156 e. The van der Waals surface area contributed by atoms with Crippen LogP contribution in [0, 0.1) is 12.8 Å². The highest BCUT2D eigenvalue weighted by molar-refractivity contribution is 5.92. The predicted molar refractivity (Wildman–Crippen MR) is 83.9 cm³/mol. The summed E-state index contributed by atoms with van der Waals surface area (Å²) in [4.78, 5) is 0. The third-order valence-corrected chi connectivity index (χ3v) is 4.56. The Hall–Kier alpha value is -1.64. The summed E-state index contributed by atoms with van der Waals surface area (Å²) in [6.45, 7) is 4.38. The third kappa shape index (κ3) is 2.62. The standard InChI is InChI=1S/C17H23N3/c1-12-8-4-3-5-11-16(12)18-17-15-10-7-6-9-14(15)13(2)19-20-17/h6-7,9-10,12,16H,3-5,8,11H2,1-2H3,(H,18,20). The zero-order valence-corrected chi connectivity index (χ0v) is 12.4. The van der Waals surface area contributed by atoms with Gasteiger partial charge < -0.3 is 5.32 Å². The zero-order valence-electron chi connectivity index (χ0n) is 12.4. The molecule has 0 aliphatic heterocycles. The molecule has 2 aromatic rings. The smallest absolute Gasteiger partial charge is 0.156 e. The van der Waals surface area contributed by atoms with Crippen LogP contribution in [0.25, 0.3) is 10.8 Å². The van der Waals surface area contributed by atoms with Crippen LogP contribution in [0.1, 0.15) is 44.7 Å². The Morgan fingerprint density at radius 1 is 1.00 bits per heavy atom. The second-order valence-electron chi connectivity index (χ2n) is 6.05. The molecule has 3 nitrogen and oxygen atoms in total. The molecule has 1 heterocycles. The van der Waals surface area contributed by atoms with Gasteiger partial charge in [0, 0.05) is 16.8 Å². The van der Waals surface area contributed by atoms with Crippen molar-refractivity contribution in [2.45, 2.75) is 52.0 Å². The fourth-order valence-corrected chi connectivity index (χ4v) is 3.23. The van der Waals surface area contributed by atoms with Crippen molar-refractivity contribution in [2.75, 3.05) is 5.32 Å². The quantitative estimate of drug-likeness (QED) is 0.825. The van der Waals surface area contributed by atoms with Crippen molar-refractivity contribution >= 4 is 16.6 Å². The van der Waals surface area contributed by atoms with E-state index in [9.17, 15) is 0 Å². The Kier molecular flexibility index (Phi) is 3.86. The molecule has 0 spiro atoms. The SMILES string of the molecule is Cc1nnc(NC2CCCCCC2C)c2ccccc12. The molecule has 2 atom stereocenters. The Morgan fingerprint density at radius 2 is 1.75 bits per heavy atom. The maximum atomic E-state index is 4.40. The van der Waals surface area contributed by atoms with Crippen molar-refractivity contribution in [3.05, 3.63) is 30.0 Å². The van der Waals surface area contributed by atoms with Crippen molar-refractivity contribution in [2.24, 2.45) is 5.92 Å². The van der Waals surface area contributed by atoms with E-state index in [0.29, 0.717) is 12.0 Å². The van der Waals surface area contributed by atoms with E-state index in [-0.39, 0.29) is 0 Å². The highest BCUT2D eigenvalue weighted by atomic mass is 15.2. The largest absolute Gasteiger partial charge is 0.365 e. The first-order chi connectivity index (χ1) is 9.75. The van der Waals surface area contributed by atoms with Crippen LogP contribution >= 0.6 is 0 Å². The highest BCUT2D eigenvalue weighted by Crippen LogP contribution is 2.28. The van der Waals surface area contributed by atoms with Crippen LogP contribution in [-0.2, 0) is 0 Å². The van der Waals surface area contributed by atoms with Crippen LogP contribution < -0.4 is 5.32 Å². The number of nitrogens with zero attached hydrogens (tertiary/aromatic N) is 2. The van der Waals surface area contributed by atoms with Gasteiger partial charge in [0.2, 0.25) is 0 Å². The van der Waals surface area contributed by atoms with Gasteiger partial charge in [0.15, 0.2) is 5.82 Å². The van der Waals surface area contributed by atoms with Crippen molar-refractivity contribution in [3.63, 3.8) is 0 Å². The van der Waals surface area contributed by atoms with Gasteiger partial charge in [0.05, 0.1) is 5.69 Å². The molecule has 106 valence electrons. The molecule has 1 aromatic carbocycles. The summed E-state index contributed by atoms with van der Waals surface area (Å²) >= 11 is 0. The Morgan fingerprint density at radius 3 is 2.60 bits per heavy atom. The van der Waals surface area contributed by atoms with Crippen molar-refractivity contribution in [1.29, 1.82) is 0 Å². The first-order valence-corrected chi connectivity index (χ1v) is 7.74. The molecule has 1 aliphatic rings. The normalized spacial score (nSPS) is 23.5. The van der Waals surface area contributed by atoms with Gasteiger partial charge in [0.1, 0.15) is 0 Å². The number of rotatable bonds is 2. The predicted octanol–water partition coefficient (Wildman–Crippen LogP) is 4.32. The summed E-state index contributed by atoms with van der Waals surface area (Å²) in [5.41, 5.74) is 1.00. The molecule has 20 heavy (non-hydrogen) atoms. The van der Waals surface area contributed by atoms with Gasteiger partial charge in [-0.2, -0.15) is 5.10 Å². The number of anilines is 1. The van der Waals surface area contributed by atoms with E-state index in [4.69, 9.17) is 0 Å². The lowest BCUT2D eigenvalue weighted by Crippen LogP contribution is -2.27. The van der Waals surface area contributed by atoms with Gasteiger partial charge in [-0.1, -0.05) is 50.5 Å². The number of hydrogen-bond acceptors (Lipinski definition) is 3. The Bertz CT molecular complexity index is 594. The van der Waals surface area contributed by atoms with Gasteiger partial charge in [-0.25, -0.2) is 0 Å². The molecule has 1 aromatic heterocycles. The first kappa shape index (κ1) is 13.3. The average Bonchev–Trinajstić information content (AvgIpc) is 2.67. The minimum Gasteiger partial charge on any atom is -0.365 e. The van der Waals surface area contributed by atoms with E-state index < -0.39 is 0 Å². The maximum absolute atomic E-state index is 4.40. The summed E-state index contributed by atoms with van der Waals surface area (Å²) in [6.07, 6.45) is 6.60. The van der Waals surface area contributed by atoms with E-state index in [1.165, 1.54) is 42.9 Å². The van der Waals surface area contributed by atoms with Gasteiger partial charge in [-0.05, 0) is 25.7 Å². The molecular formula is C17H23N3. The molecule has 0 amide bonds. The first-order valence-electron chi connectivity index (χ1n) is 7.74. The van der Waals surface area contributed by atoms with Gasteiger partial charge >= 0.3 is 0 Å². The summed E-state index contributed by atoms with van der Waals surface area (Å²) in [5, 5.41) is 14.8. The van der Waals surface area contributed by atoms with E-state index in [0.717, 1.165) is 11.5 Å². The summed E-state index contributed by atoms with van der Waals surface area (Å²) in [5.74, 6) is 1.66. The molecular weight excluding hydrogens is 246 g/mol. The number of nitrogens with one attached hydrogen (secondary N) is 1. The minimum absolute atomic E-state index is 0.526. The Labute approximate surface area is 120 Å². The van der Waals surface area contributed by atoms with Crippen molar-refractivity contribution in [1.82, 2.24) is 10.2 Å². The van der Waals surface area contributed by atoms with Gasteiger partial charge in [-0.3, -0.25) is 0 Å². The van der Waals surface area contributed by atoms with Crippen molar-refractivity contribution < 1.29 is 0 Å². The van der Waals surface area contributed by atoms with E-state index in [2.05, 4.69) is 46.7 Å².